The molecule has 0 saturated heterocycles. The molecule has 1 aliphatic heterocycles. The summed E-state index contributed by atoms with van der Waals surface area (Å²) in [4.78, 5) is 12.3. The molecule has 5 rings (SSSR count). The Hall–Kier alpha value is -2.96. The molecule has 3 aromatic rings. The van der Waals surface area contributed by atoms with Gasteiger partial charge in [0.05, 0.1) is 11.1 Å². The van der Waals surface area contributed by atoms with Gasteiger partial charge in [0.15, 0.2) is 11.5 Å². The predicted molar refractivity (Wildman–Crippen MR) is 90.1 cm³/mol. The lowest BCUT2D eigenvalue weighted by Crippen LogP contribution is -2.16. The van der Waals surface area contributed by atoms with E-state index in [0.717, 1.165) is 22.5 Å². The second kappa shape index (κ2) is 5.30. The van der Waals surface area contributed by atoms with Gasteiger partial charge in [0.2, 0.25) is 5.95 Å². The molecule has 121 valence electrons. The third-order valence-corrected chi connectivity index (χ3v) is 4.07. The van der Waals surface area contributed by atoms with E-state index in [4.69, 9.17) is 9.47 Å². The highest BCUT2D eigenvalue weighted by Crippen LogP contribution is 2.38. The third kappa shape index (κ3) is 2.38. The second-order valence-electron chi connectivity index (χ2n) is 5.93. The van der Waals surface area contributed by atoms with E-state index in [1.165, 1.54) is 12.8 Å². The highest BCUT2D eigenvalue weighted by molar-refractivity contribution is 5.88. The van der Waals surface area contributed by atoms with Gasteiger partial charge in [-0.3, -0.25) is 0 Å². The van der Waals surface area contributed by atoms with Crippen molar-refractivity contribution in [3.63, 3.8) is 0 Å². The number of hydrogen-bond donors (Lipinski definition) is 3. The highest BCUT2D eigenvalue weighted by Gasteiger charge is 2.23. The van der Waals surface area contributed by atoms with Gasteiger partial charge < -0.3 is 25.1 Å². The van der Waals surface area contributed by atoms with Gasteiger partial charge in [-0.25, -0.2) is 0 Å². The fraction of sp³-hybridized carbons (Fsp3) is 0.294. The molecule has 1 aliphatic carbocycles. The standard InChI is InChI=1S/C17H16N5O2/c1-2-12(14-13(3-1)23-8-9-24-14)20-17-21-15-11(6-7-18-15)16(22-17)19-10-4-5-10/h1-2,6-7,10H,4-5,8-9H2,(H3,18,19,20,21,22). The Morgan fingerprint density at radius 2 is 2.08 bits per heavy atom. The number of aromatic amines is 1. The largest absolute Gasteiger partial charge is 0.485 e. The Balaban J connectivity index is 1.53. The molecule has 2 aromatic heterocycles. The van der Waals surface area contributed by atoms with E-state index in [2.05, 4.69) is 31.7 Å². The summed E-state index contributed by atoms with van der Waals surface area (Å²) in [6.45, 7) is 1.05. The average molecular weight is 322 g/mol. The molecule has 7 nitrogen and oxygen atoms in total. The van der Waals surface area contributed by atoms with Crippen molar-refractivity contribution >= 4 is 28.5 Å². The SMILES string of the molecule is [c]1ccc(Nc2nc(NC3CC3)c3cc[nH]c3n2)c2c1OCCO2. The fourth-order valence-electron chi connectivity index (χ4n) is 2.75. The molecule has 1 radical (unpaired) electrons. The van der Waals surface area contributed by atoms with Gasteiger partial charge >= 0.3 is 0 Å². The minimum Gasteiger partial charge on any atom is -0.485 e. The van der Waals surface area contributed by atoms with Crippen LogP contribution < -0.4 is 20.1 Å². The van der Waals surface area contributed by atoms with Gasteiger partial charge in [-0.1, -0.05) is 0 Å². The number of nitrogens with one attached hydrogen (secondary N) is 3. The fourth-order valence-corrected chi connectivity index (χ4v) is 2.75. The number of nitrogens with zero attached hydrogens (tertiary/aromatic N) is 2. The summed E-state index contributed by atoms with van der Waals surface area (Å²) >= 11 is 0. The molecule has 0 amide bonds. The minimum atomic E-state index is 0.510. The van der Waals surface area contributed by atoms with Crippen LogP contribution in [0.5, 0.6) is 11.5 Å². The number of H-pyrrole nitrogens is 1. The maximum absolute atomic E-state index is 5.71. The Kier molecular flexibility index (Phi) is 2.97. The van der Waals surface area contributed by atoms with Crippen molar-refractivity contribution in [2.45, 2.75) is 18.9 Å². The summed E-state index contributed by atoms with van der Waals surface area (Å²) in [5.74, 6) is 2.62. The molecule has 1 saturated carbocycles. The topological polar surface area (TPSA) is 84.1 Å². The Morgan fingerprint density at radius 3 is 3.00 bits per heavy atom. The summed E-state index contributed by atoms with van der Waals surface area (Å²) in [7, 11) is 0. The van der Waals surface area contributed by atoms with Gasteiger partial charge in [-0.15, -0.1) is 0 Å². The zero-order valence-electron chi connectivity index (χ0n) is 12.9. The van der Waals surface area contributed by atoms with Gasteiger partial charge in [-0.2, -0.15) is 9.97 Å². The van der Waals surface area contributed by atoms with Crippen LogP contribution in [0, 0.1) is 6.07 Å². The van der Waals surface area contributed by atoms with Gasteiger partial charge in [-0.05, 0) is 31.0 Å². The molecule has 2 aliphatic rings. The first-order valence-corrected chi connectivity index (χ1v) is 8.06. The van der Waals surface area contributed by atoms with Crippen LogP contribution in [0.2, 0.25) is 0 Å². The number of ether oxygens (including phenoxy) is 2. The molecule has 1 aromatic carbocycles. The summed E-state index contributed by atoms with van der Waals surface area (Å²) in [6.07, 6.45) is 4.25. The van der Waals surface area contributed by atoms with Crippen LogP contribution in [-0.4, -0.2) is 34.2 Å². The van der Waals surface area contributed by atoms with Crippen molar-refractivity contribution in [3.8, 4) is 11.5 Å². The van der Waals surface area contributed by atoms with Crippen molar-refractivity contribution in [2.75, 3.05) is 23.8 Å². The van der Waals surface area contributed by atoms with E-state index >= 15 is 0 Å². The van der Waals surface area contributed by atoms with Crippen LogP contribution in [0.3, 0.4) is 0 Å². The summed E-state index contributed by atoms with van der Waals surface area (Å²) in [6, 6.07) is 9.22. The molecule has 0 atom stereocenters. The first-order valence-electron chi connectivity index (χ1n) is 8.06. The number of anilines is 3. The molecular weight excluding hydrogens is 306 g/mol. The van der Waals surface area contributed by atoms with E-state index < -0.39 is 0 Å². The zero-order valence-corrected chi connectivity index (χ0v) is 12.9. The molecule has 0 bridgehead atoms. The molecular formula is C17H16N5O2. The maximum atomic E-state index is 5.71. The lowest BCUT2D eigenvalue weighted by atomic mass is 10.2. The van der Waals surface area contributed by atoms with E-state index in [0.29, 0.717) is 36.7 Å². The number of rotatable bonds is 4. The van der Waals surface area contributed by atoms with Crippen LogP contribution >= 0.6 is 0 Å². The van der Waals surface area contributed by atoms with E-state index in [-0.39, 0.29) is 0 Å². The monoisotopic (exact) mass is 322 g/mol. The lowest BCUT2D eigenvalue weighted by Gasteiger charge is -2.20. The zero-order chi connectivity index (χ0) is 15.9. The normalized spacial score (nSPS) is 16.2. The molecule has 3 N–H and O–H groups in total. The third-order valence-electron chi connectivity index (χ3n) is 4.07. The molecule has 0 unspecified atom stereocenters. The Morgan fingerprint density at radius 1 is 1.17 bits per heavy atom. The Bertz CT molecular complexity index is 903. The summed E-state index contributed by atoms with van der Waals surface area (Å²) < 4.78 is 11.3. The highest BCUT2D eigenvalue weighted by atomic mass is 16.6. The number of hydrogen-bond acceptors (Lipinski definition) is 6. The van der Waals surface area contributed by atoms with Gasteiger partial charge in [0.25, 0.3) is 0 Å². The lowest BCUT2D eigenvalue weighted by molar-refractivity contribution is 0.172. The molecule has 1 fully saturated rings. The number of fused-ring (bicyclic) bond motifs is 2. The average Bonchev–Trinajstić information content (AvgIpc) is 3.29. The molecule has 7 heteroatoms. The van der Waals surface area contributed by atoms with Gasteiger partial charge in [0, 0.05) is 18.3 Å². The van der Waals surface area contributed by atoms with Crippen LogP contribution in [0.15, 0.2) is 24.4 Å². The van der Waals surface area contributed by atoms with E-state index in [1.807, 2.05) is 18.3 Å². The van der Waals surface area contributed by atoms with Crippen molar-refractivity contribution < 1.29 is 9.47 Å². The second-order valence-corrected chi connectivity index (χ2v) is 5.93. The van der Waals surface area contributed by atoms with Crippen LogP contribution in [-0.2, 0) is 0 Å². The number of benzene rings is 1. The first kappa shape index (κ1) is 13.5. The van der Waals surface area contributed by atoms with Crippen LogP contribution in [0.4, 0.5) is 17.5 Å². The molecule has 0 spiro atoms. The van der Waals surface area contributed by atoms with Crippen molar-refractivity contribution in [2.24, 2.45) is 0 Å². The van der Waals surface area contributed by atoms with Gasteiger partial charge in [0.1, 0.15) is 24.7 Å². The van der Waals surface area contributed by atoms with Crippen LogP contribution in [0.25, 0.3) is 11.0 Å². The van der Waals surface area contributed by atoms with Crippen molar-refractivity contribution in [3.05, 3.63) is 30.5 Å². The first-order chi connectivity index (χ1) is 11.9. The Labute approximate surface area is 138 Å². The summed E-state index contributed by atoms with van der Waals surface area (Å²) in [5.41, 5.74) is 1.57. The quantitative estimate of drug-likeness (QED) is 0.685. The summed E-state index contributed by atoms with van der Waals surface area (Å²) in [5, 5.41) is 7.70. The maximum Gasteiger partial charge on any atom is 0.231 e. The smallest absolute Gasteiger partial charge is 0.231 e. The minimum absolute atomic E-state index is 0.510. The van der Waals surface area contributed by atoms with Crippen molar-refractivity contribution in [1.82, 2.24) is 15.0 Å². The molecule has 24 heavy (non-hydrogen) atoms. The number of aromatic nitrogens is 3. The molecule has 3 heterocycles. The van der Waals surface area contributed by atoms with Crippen LogP contribution in [0.1, 0.15) is 12.8 Å². The van der Waals surface area contributed by atoms with E-state index in [1.54, 1.807) is 6.07 Å². The van der Waals surface area contributed by atoms with E-state index in [9.17, 15) is 0 Å². The predicted octanol–water partition coefficient (Wildman–Crippen LogP) is 2.85. The van der Waals surface area contributed by atoms with Crippen molar-refractivity contribution in [1.29, 1.82) is 0 Å².